The van der Waals surface area contributed by atoms with Gasteiger partial charge in [-0.25, -0.2) is 4.39 Å². The van der Waals surface area contributed by atoms with E-state index in [1.54, 1.807) is 0 Å². The molecule has 4 heteroatoms. The van der Waals surface area contributed by atoms with E-state index < -0.39 is 0 Å². The standard InChI is InChI=1S/C22H25FN2O/c23-19-8-10-20(11-9-19)25-14-12-21(16-25)24-13-4-7-18(15-24)22(26)17-5-2-1-3-6-17/h1-3,5-6,8-11,18,21H,4,7,12-16H2/t18-,21-/m1/s1. The number of nitrogens with zero attached hydrogens (tertiary/aromatic N) is 2. The largest absolute Gasteiger partial charge is 0.370 e. The van der Waals surface area contributed by atoms with Crippen molar-refractivity contribution in [3.63, 3.8) is 0 Å². The fourth-order valence-electron chi connectivity index (χ4n) is 4.32. The van der Waals surface area contributed by atoms with Crippen molar-refractivity contribution in [3.8, 4) is 0 Å². The fraction of sp³-hybridized carbons (Fsp3) is 0.409. The highest BCUT2D eigenvalue weighted by Crippen LogP contribution is 2.28. The Hall–Kier alpha value is -2.20. The van der Waals surface area contributed by atoms with Gasteiger partial charge in [0.25, 0.3) is 0 Å². The van der Waals surface area contributed by atoms with Crippen molar-refractivity contribution in [1.29, 1.82) is 0 Å². The number of ketones is 1. The van der Waals surface area contributed by atoms with Gasteiger partial charge in [-0.2, -0.15) is 0 Å². The van der Waals surface area contributed by atoms with Gasteiger partial charge < -0.3 is 4.90 Å². The van der Waals surface area contributed by atoms with E-state index >= 15 is 0 Å². The van der Waals surface area contributed by atoms with E-state index in [2.05, 4.69) is 9.80 Å². The minimum atomic E-state index is -0.192. The third kappa shape index (κ3) is 3.65. The maximum Gasteiger partial charge on any atom is 0.167 e. The Morgan fingerprint density at radius 3 is 2.46 bits per heavy atom. The molecule has 0 amide bonds. The first kappa shape index (κ1) is 17.2. The molecule has 2 aromatic carbocycles. The van der Waals surface area contributed by atoms with Crippen molar-refractivity contribution in [2.45, 2.75) is 25.3 Å². The van der Waals surface area contributed by atoms with Crippen LogP contribution in [0.15, 0.2) is 54.6 Å². The molecule has 26 heavy (non-hydrogen) atoms. The van der Waals surface area contributed by atoms with E-state index in [9.17, 15) is 9.18 Å². The van der Waals surface area contributed by atoms with Gasteiger partial charge in [-0.3, -0.25) is 9.69 Å². The predicted octanol–water partition coefficient (Wildman–Crippen LogP) is 4.00. The number of carbonyl (C=O) groups excluding carboxylic acids is 1. The smallest absolute Gasteiger partial charge is 0.167 e. The third-order valence-electron chi connectivity index (χ3n) is 5.75. The number of rotatable bonds is 4. The van der Waals surface area contributed by atoms with Gasteiger partial charge in [-0.05, 0) is 50.1 Å². The van der Waals surface area contributed by atoms with Crippen LogP contribution >= 0.6 is 0 Å². The average molecular weight is 352 g/mol. The summed E-state index contributed by atoms with van der Waals surface area (Å²) in [5.41, 5.74) is 1.92. The number of Topliss-reactive ketones (excluding diaryl/α,β-unsaturated/α-hetero) is 1. The summed E-state index contributed by atoms with van der Waals surface area (Å²) in [6.07, 6.45) is 3.17. The lowest BCUT2D eigenvalue weighted by molar-refractivity contribution is 0.0770. The number of hydrogen-bond donors (Lipinski definition) is 0. The summed E-state index contributed by atoms with van der Waals surface area (Å²) in [7, 11) is 0. The zero-order valence-electron chi connectivity index (χ0n) is 15.0. The van der Waals surface area contributed by atoms with Gasteiger partial charge in [0.15, 0.2) is 5.78 Å². The molecule has 2 atom stereocenters. The van der Waals surface area contributed by atoms with Gasteiger partial charge in [0.2, 0.25) is 0 Å². The van der Waals surface area contributed by atoms with E-state index in [0.29, 0.717) is 6.04 Å². The molecule has 2 saturated heterocycles. The van der Waals surface area contributed by atoms with Crippen LogP contribution in [-0.2, 0) is 0 Å². The summed E-state index contributed by atoms with van der Waals surface area (Å²) in [5.74, 6) is 0.192. The average Bonchev–Trinajstić information content (AvgIpc) is 3.19. The molecule has 0 aromatic heterocycles. The van der Waals surface area contributed by atoms with Crippen LogP contribution in [0.1, 0.15) is 29.6 Å². The lowest BCUT2D eigenvalue weighted by Crippen LogP contribution is -2.45. The lowest BCUT2D eigenvalue weighted by Gasteiger charge is -2.36. The first-order valence-electron chi connectivity index (χ1n) is 9.54. The maximum absolute atomic E-state index is 13.1. The molecule has 2 aliphatic rings. The van der Waals surface area contributed by atoms with Crippen LogP contribution in [0, 0.1) is 11.7 Å². The number of hydrogen-bond acceptors (Lipinski definition) is 3. The van der Waals surface area contributed by atoms with Crippen molar-refractivity contribution in [1.82, 2.24) is 4.90 Å². The normalized spacial score (nSPS) is 24.0. The number of anilines is 1. The zero-order valence-corrected chi connectivity index (χ0v) is 15.0. The Bertz CT molecular complexity index is 746. The second kappa shape index (κ2) is 7.58. The van der Waals surface area contributed by atoms with Crippen LogP contribution in [0.4, 0.5) is 10.1 Å². The number of halogens is 1. The number of piperidine rings is 1. The van der Waals surface area contributed by atoms with Gasteiger partial charge in [-0.1, -0.05) is 30.3 Å². The van der Waals surface area contributed by atoms with Crippen molar-refractivity contribution in [2.24, 2.45) is 5.92 Å². The van der Waals surface area contributed by atoms with Gasteiger partial charge in [0, 0.05) is 42.8 Å². The maximum atomic E-state index is 13.1. The summed E-state index contributed by atoms with van der Waals surface area (Å²) < 4.78 is 13.1. The third-order valence-corrected chi connectivity index (χ3v) is 5.75. The van der Waals surface area contributed by atoms with Crippen LogP contribution in [0.3, 0.4) is 0 Å². The first-order chi connectivity index (χ1) is 12.7. The van der Waals surface area contributed by atoms with Crippen LogP contribution in [-0.4, -0.2) is 42.9 Å². The number of likely N-dealkylation sites (tertiary alicyclic amines) is 1. The van der Waals surface area contributed by atoms with Crippen LogP contribution < -0.4 is 4.90 Å². The Morgan fingerprint density at radius 2 is 1.69 bits per heavy atom. The molecule has 2 aliphatic heterocycles. The Labute approximate surface area is 154 Å². The summed E-state index contributed by atoms with van der Waals surface area (Å²) in [6, 6.07) is 16.9. The molecule has 0 unspecified atom stereocenters. The summed E-state index contributed by atoms with van der Waals surface area (Å²) >= 11 is 0. The molecule has 2 heterocycles. The van der Waals surface area contributed by atoms with Gasteiger partial charge in [0.1, 0.15) is 5.82 Å². The highest BCUT2D eigenvalue weighted by atomic mass is 19.1. The quantitative estimate of drug-likeness (QED) is 0.777. The molecule has 3 nitrogen and oxygen atoms in total. The molecule has 0 spiro atoms. The van der Waals surface area contributed by atoms with Crippen molar-refractivity contribution >= 4 is 11.5 Å². The highest BCUT2D eigenvalue weighted by Gasteiger charge is 2.33. The van der Waals surface area contributed by atoms with Crippen molar-refractivity contribution in [3.05, 3.63) is 66.0 Å². The topological polar surface area (TPSA) is 23.6 Å². The fourth-order valence-corrected chi connectivity index (χ4v) is 4.32. The molecule has 0 N–H and O–H groups in total. The Kier molecular flexibility index (Phi) is 5.02. The van der Waals surface area contributed by atoms with Gasteiger partial charge in [-0.15, -0.1) is 0 Å². The van der Waals surface area contributed by atoms with Crippen LogP contribution in [0.5, 0.6) is 0 Å². The SMILES string of the molecule is O=C(c1ccccc1)[C@@H]1CCCN([C@@H]2CCN(c3ccc(F)cc3)C2)C1. The van der Waals surface area contributed by atoms with Crippen LogP contribution in [0.2, 0.25) is 0 Å². The molecule has 2 aromatic rings. The van der Waals surface area contributed by atoms with Gasteiger partial charge in [0.05, 0.1) is 0 Å². The van der Waals surface area contributed by atoms with Gasteiger partial charge >= 0.3 is 0 Å². The van der Waals surface area contributed by atoms with E-state index in [1.807, 2.05) is 42.5 Å². The summed E-state index contributed by atoms with van der Waals surface area (Å²) in [5, 5.41) is 0. The second-order valence-electron chi connectivity index (χ2n) is 7.43. The lowest BCUT2D eigenvalue weighted by atomic mass is 9.89. The van der Waals surface area contributed by atoms with E-state index in [4.69, 9.17) is 0 Å². The van der Waals surface area contributed by atoms with Crippen molar-refractivity contribution in [2.75, 3.05) is 31.1 Å². The molecule has 2 fully saturated rings. The van der Waals surface area contributed by atoms with Crippen LogP contribution in [0.25, 0.3) is 0 Å². The zero-order chi connectivity index (χ0) is 17.9. The van der Waals surface area contributed by atoms with E-state index in [0.717, 1.165) is 56.7 Å². The highest BCUT2D eigenvalue weighted by molar-refractivity contribution is 5.98. The van der Waals surface area contributed by atoms with Crippen molar-refractivity contribution < 1.29 is 9.18 Å². The summed E-state index contributed by atoms with van der Waals surface area (Å²) in [6.45, 7) is 3.87. The second-order valence-corrected chi connectivity index (χ2v) is 7.43. The molecule has 136 valence electrons. The number of carbonyl (C=O) groups is 1. The Balaban J connectivity index is 1.39. The minimum Gasteiger partial charge on any atom is -0.370 e. The minimum absolute atomic E-state index is 0.103. The molecule has 0 aliphatic carbocycles. The Morgan fingerprint density at radius 1 is 0.923 bits per heavy atom. The first-order valence-corrected chi connectivity index (χ1v) is 9.54. The molecule has 0 saturated carbocycles. The van der Waals surface area contributed by atoms with E-state index in [1.165, 1.54) is 12.1 Å². The molecule has 0 radical (unpaired) electrons. The molecular formula is C22H25FN2O. The molecular weight excluding hydrogens is 327 g/mol. The number of benzene rings is 2. The monoisotopic (exact) mass is 352 g/mol. The molecule has 0 bridgehead atoms. The predicted molar refractivity (Wildman–Crippen MR) is 102 cm³/mol. The summed E-state index contributed by atoms with van der Waals surface area (Å²) in [4.78, 5) is 17.6. The molecule has 4 rings (SSSR count). The van der Waals surface area contributed by atoms with E-state index in [-0.39, 0.29) is 17.5 Å².